The third kappa shape index (κ3) is 1.76. The molecule has 68 valence electrons. The Morgan fingerprint density at radius 1 is 1.43 bits per heavy atom. The smallest absolute Gasteiger partial charge is 0.180 e. The summed E-state index contributed by atoms with van der Waals surface area (Å²) in [5, 5.41) is 17.5. The minimum absolute atomic E-state index is 0.122. The van der Waals surface area contributed by atoms with Crippen LogP contribution in [-0.4, -0.2) is 9.55 Å². The van der Waals surface area contributed by atoms with E-state index < -0.39 is 0 Å². The van der Waals surface area contributed by atoms with Crippen molar-refractivity contribution >= 4 is 15.9 Å². The summed E-state index contributed by atoms with van der Waals surface area (Å²) in [5.41, 5.74) is 0.361. The molecule has 0 fully saturated rings. The van der Waals surface area contributed by atoms with Crippen LogP contribution < -0.4 is 0 Å². The van der Waals surface area contributed by atoms with E-state index in [-0.39, 0.29) is 11.4 Å². The summed E-state index contributed by atoms with van der Waals surface area (Å²) >= 11 is 3.16. The Balaban J connectivity index is 3.27. The lowest BCUT2D eigenvalue weighted by Gasteiger charge is -1.97. The van der Waals surface area contributed by atoms with Crippen molar-refractivity contribution in [2.75, 3.05) is 0 Å². The molecule has 0 saturated heterocycles. The number of hydrogen-bond acceptors (Lipinski definition) is 3. The molecule has 1 heterocycles. The third-order valence-electron chi connectivity index (χ3n) is 1.55. The molecule has 0 N–H and O–H groups in total. The van der Waals surface area contributed by atoms with Crippen molar-refractivity contribution < 1.29 is 0 Å². The quantitative estimate of drug-likeness (QED) is 0.707. The lowest BCUT2D eigenvalue weighted by Crippen LogP contribution is -1.99. The molecule has 14 heavy (non-hydrogen) atoms. The van der Waals surface area contributed by atoms with Gasteiger partial charge in [-0.3, -0.25) is 4.57 Å². The Bertz CT molecular complexity index is 490. The highest BCUT2D eigenvalue weighted by atomic mass is 79.9. The van der Waals surface area contributed by atoms with Gasteiger partial charge in [0.2, 0.25) is 0 Å². The van der Waals surface area contributed by atoms with Crippen LogP contribution in [0.2, 0.25) is 0 Å². The summed E-state index contributed by atoms with van der Waals surface area (Å²) in [4.78, 5) is 3.88. The van der Waals surface area contributed by atoms with Gasteiger partial charge in [-0.1, -0.05) is 5.92 Å². The minimum atomic E-state index is 0.122. The molecule has 0 spiro atoms. The first-order chi connectivity index (χ1) is 6.74. The number of nitrogens with zero attached hydrogens (tertiary/aromatic N) is 4. The highest BCUT2D eigenvalue weighted by Gasteiger charge is 2.13. The van der Waals surface area contributed by atoms with Crippen LogP contribution >= 0.6 is 15.9 Å². The van der Waals surface area contributed by atoms with Crippen molar-refractivity contribution in [2.45, 2.75) is 13.5 Å². The van der Waals surface area contributed by atoms with E-state index in [4.69, 9.17) is 10.5 Å². The second kappa shape index (κ2) is 4.46. The van der Waals surface area contributed by atoms with Crippen molar-refractivity contribution in [3.05, 3.63) is 16.1 Å². The van der Waals surface area contributed by atoms with Gasteiger partial charge in [-0.25, -0.2) is 4.98 Å². The second-order valence-corrected chi connectivity index (χ2v) is 3.02. The molecule has 0 atom stereocenters. The minimum Gasteiger partial charge on any atom is -0.297 e. The molecule has 0 aromatic carbocycles. The predicted octanol–water partition coefficient (Wildman–Crippen LogP) is 1.41. The van der Waals surface area contributed by atoms with Crippen molar-refractivity contribution in [1.29, 1.82) is 10.5 Å². The van der Waals surface area contributed by atoms with Gasteiger partial charge >= 0.3 is 0 Å². The largest absolute Gasteiger partial charge is 0.297 e. The Hall–Kier alpha value is -1.77. The number of rotatable bonds is 1. The maximum atomic E-state index is 8.81. The zero-order valence-electron chi connectivity index (χ0n) is 7.37. The van der Waals surface area contributed by atoms with Gasteiger partial charge in [0.05, 0.1) is 6.54 Å². The van der Waals surface area contributed by atoms with E-state index in [0.29, 0.717) is 11.3 Å². The van der Waals surface area contributed by atoms with Crippen LogP contribution in [0.1, 0.15) is 18.3 Å². The molecule has 4 nitrogen and oxygen atoms in total. The average molecular weight is 249 g/mol. The molecule has 0 bridgehead atoms. The molecule has 1 rings (SSSR count). The molecule has 1 aromatic rings. The second-order valence-electron chi connectivity index (χ2n) is 2.31. The van der Waals surface area contributed by atoms with E-state index in [9.17, 15) is 0 Å². The highest BCUT2D eigenvalue weighted by Crippen LogP contribution is 2.15. The van der Waals surface area contributed by atoms with Crippen LogP contribution in [-0.2, 0) is 6.54 Å². The molecular formula is C9H5BrN4. The molecule has 0 aliphatic heterocycles. The Morgan fingerprint density at radius 2 is 2.14 bits per heavy atom. The summed E-state index contributed by atoms with van der Waals surface area (Å²) in [6, 6.07) is 3.78. The van der Waals surface area contributed by atoms with Crippen LogP contribution in [0.25, 0.3) is 0 Å². The molecular weight excluding hydrogens is 244 g/mol. The van der Waals surface area contributed by atoms with E-state index in [0.717, 1.165) is 0 Å². The van der Waals surface area contributed by atoms with Crippen molar-refractivity contribution in [1.82, 2.24) is 9.55 Å². The van der Waals surface area contributed by atoms with Crippen LogP contribution in [0.3, 0.4) is 0 Å². The standard InChI is InChI=1S/C9H5BrN4/c1-2-3-4-14-8(6-12)7(5-11)13-9(14)10/h4H2,1H3. The zero-order valence-corrected chi connectivity index (χ0v) is 8.96. The maximum absolute atomic E-state index is 8.81. The van der Waals surface area contributed by atoms with Gasteiger partial charge in [-0.15, -0.1) is 5.92 Å². The Labute approximate surface area is 89.9 Å². The van der Waals surface area contributed by atoms with E-state index in [1.807, 2.05) is 12.1 Å². The van der Waals surface area contributed by atoms with Gasteiger partial charge in [0.1, 0.15) is 12.1 Å². The molecule has 0 aliphatic rings. The van der Waals surface area contributed by atoms with Gasteiger partial charge in [0, 0.05) is 0 Å². The van der Waals surface area contributed by atoms with Crippen molar-refractivity contribution in [3.63, 3.8) is 0 Å². The number of halogens is 1. The number of hydrogen-bond donors (Lipinski definition) is 0. The topological polar surface area (TPSA) is 65.4 Å². The summed E-state index contributed by atoms with van der Waals surface area (Å²) in [6.07, 6.45) is 0. The summed E-state index contributed by atoms with van der Waals surface area (Å²) in [6.45, 7) is 2.07. The fourth-order valence-electron chi connectivity index (χ4n) is 0.919. The molecule has 1 aromatic heterocycles. The highest BCUT2D eigenvalue weighted by molar-refractivity contribution is 9.10. The van der Waals surface area contributed by atoms with E-state index >= 15 is 0 Å². The average Bonchev–Trinajstić information content (AvgIpc) is 2.51. The number of imidazole rings is 1. The molecule has 0 unspecified atom stereocenters. The van der Waals surface area contributed by atoms with Crippen LogP contribution in [0, 0.1) is 34.5 Å². The number of nitriles is 2. The normalized spacial score (nSPS) is 8.29. The summed E-state index contributed by atoms with van der Waals surface area (Å²) in [7, 11) is 0. The van der Waals surface area contributed by atoms with Gasteiger partial charge in [0.25, 0.3) is 0 Å². The first kappa shape index (κ1) is 10.3. The first-order valence-corrected chi connectivity index (χ1v) is 4.49. The van der Waals surface area contributed by atoms with Crippen LogP contribution in [0.15, 0.2) is 4.73 Å². The van der Waals surface area contributed by atoms with Crippen molar-refractivity contribution in [3.8, 4) is 24.0 Å². The Morgan fingerprint density at radius 3 is 2.64 bits per heavy atom. The Kier molecular flexibility index (Phi) is 3.29. The first-order valence-electron chi connectivity index (χ1n) is 3.70. The molecule has 0 saturated carbocycles. The molecule has 0 radical (unpaired) electrons. The van der Waals surface area contributed by atoms with Gasteiger partial charge in [0.15, 0.2) is 16.1 Å². The van der Waals surface area contributed by atoms with Crippen molar-refractivity contribution in [2.24, 2.45) is 0 Å². The fourth-order valence-corrected chi connectivity index (χ4v) is 1.40. The summed E-state index contributed by atoms with van der Waals surface area (Å²) in [5.74, 6) is 5.51. The monoisotopic (exact) mass is 248 g/mol. The molecule has 0 aliphatic carbocycles. The van der Waals surface area contributed by atoms with E-state index in [2.05, 4.69) is 32.8 Å². The predicted molar refractivity (Wildman–Crippen MR) is 52.8 cm³/mol. The van der Waals surface area contributed by atoms with Gasteiger partial charge in [-0.2, -0.15) is 10.5 Å². The van der Waals surface area contributed by atoms with Crippen LogP contribution in [0.4, 0.5) is 0 Å². The van der Waals surface area contributed by atoms with E-state index in [1.165, 1.54) is 0 Å². The van der Waals surface area contributed by atoms with Crippen LogP contribution in [0.5, 0.6) is 0 Å². The zero-order chi connectivity index (χ0) is 10.6. The lowest BCUT2D eigenvalue weighted by molar-refractivity contribution is 0.800. The molecule has 0 amide bonds. The lowest BCUT2D eigenvalue weighted by atomic mass is 10.3. The molecule has 5 heteroatoms. The van der Waals surface area contributed by atoms with Gasteiger partial charge < -0.3 is 0 Å². The third-order valence-corrected chi connectivity index (χ3v) is 2.15. The fraction of sp³-hybridized carbons (Fsp3) is 0.222. The number of aromatic nitrogens is 2. The summed E-state index contributed by atoms with van der Waals surface area (Å²) < 4.78 is 2.00. The van der Waals surface area contributed by atoms with E-state index in [1.54, 1.807) is 11.5 Å². The SMILES string of the molecule is CC#CCn1c(Br)nc(C#N)c1C#N. The van der Waals surface area contributed by atoms with Gasteiger partial charge in [-0.05, 0) is 22.9 Å². The maximum Gasteiger partial charge on any atom is 0.180 e.